The largest absolute Gasteiger partial charge is 0.496 e. The Bertz CT molecular complexity index is 1040. The first-order valence-corrected chi connectivity index (χ1v) is 9.51. The summed E-state index contributed by atoms with van der Waals surface area (Å²) < 4.78 is 5.63. The summed E-state index contributed by atoms with van der Waals surface area (Å²) in [5, 5.41) is 15.7. The lowest BCUT2D eigenvalue weighted by molar-refractivity contribution is 0.106. The minimum absolute atomic E-state index is 0.209. The van der Waals surface area contributed by atoms with Crippen LogP contribution in [0.5, 0.6) is 5.75 Å². The number of methoxy groups -OCH3 is 1. The van der Waals surface area contributed by atoms with E-state index in [-0.39, 0.29) is 12.1 Å². The number of hydrogen-bond donors (Lipinski definition) is 1. The van der Waals surface area contributed by atoms with Gasteiger partial charge in [0.2, 0.25) is 0 Å². The molecule has 2 aliphatic rings. The SMILES string of the molecule is COc1cc2c3c(c4ccc(C)cc4c2cc1C)CN1CC[C@H](O)[C@@H]1C3. The van der Waals surface area contributed by atoms with Crippen molar-refractivity contribution in [3.05, 3.63) is 52.6 Å². The van der Waals surface area contributed by atoms with Crippen LogP contribution in [0, 0.1) is 13.8 Å². The van der Waals surface area contributed by atoms with E-state index in [4.69, 9.17) is 4.74 Å². The third kappa shape index (κ3) is 2.20. The maximum absolute atomic E-state index is 10.5. The average Bonchev–Trinajstić information content (AvgIpc) is 3.00. The normalized spacial score (nSPS) is 22.6. The van der Waals surface area contributed by atoms with Gasteiger partial charge in [-0.2, -0.15) is 0 Å². The van der Waals surface area contributed by atoms with Gasteiger partial charge in [0, 0.05) is 19.1 Å². The Balaban J connectivity index is 1.88. The van der Waals surface area contributed by atoms with Gasteiger partial charge in [0.1, 0.15) is 5.75 Å². The predicted octanol–water partition coefficient (Wildman–Crippen LogP) is 4.11. The Morgan fingerprint density at radius 1 is 1.00 bits per heavy atom. The minimum Gasteiger partial charge on any atom is -0.496 e. The quantitative estimate of drug-likeness (QED) is 0.673. The summed E-state index contributed by atoms with van der Waals surface area (Å²) in [7, 11) is 1.74. The van der Waals surface area contributed by atoms with Gasteiger partial charge in [0.25, 0.3) is 0 Å². The molecule has 3 heteroatoms. The maximum atomic E-state index is 10.5. The zero-order valence-corrected chi connectivity index (χ0v) is 15.7. The lowest BCUT2D eigenvalue weighted by Gasteiger charge is -2.34. The fourth-order valence-corrected chi connectivity index (χ4v) is 5.04. The van der Waals surface area contributed by atoms with Gasteiger partial charge >= 0.3 is 0 Å². The molecule has 0 spiro atoms. The summed E-state index contributed by atoms with van der Waals surface area (Å²) in [6, 6.07) is 11.6. The van der Waals surface area contributed by atoms with E-state index in [9.17, 15) is 5.11 Å². The van der Waals surface area contributed by atoms with Crippen molar-refractivity contribution >= 4 is 21.5 Å². The molecule has 0 amide bonds. The monoisotopic (exact) mass is 347 g/mol. The molecule has 0 aromatic heterocycles. The van der Waals surface area contributed by atoms with Crippen molar-refractivity contribution < 1.29 is 9.84 Å². The van der Waals surface area contributed by atoms with E-state index >= 15 is 0 Å². The molecular formula is C23H25NO2. The Labute approximate surface area is 154 Å². The van der Waals surface area contributed by atoms with Crippen LogP contribution >= 0.6 is 0 Å². The highest BCUT2D eigenvalue weighted by Crippen LogP contribution is 2.42. The second-order valence-electron chi connectivity index (χ2n) is 7.97. The highest BCUT2D eigenvalue weighted by molar-refractivity contribution is 6.11. The molecule has 0 aliphatic carbocycles. The van der Waals surface area contributed by atoms with Crippen molar-refractivity contribution in [2.45, 2.75) is 45.4 Å². The van der Waals surface area contributed by atoms with Gasteiger partial charge in [-0.15, -0.1) is 0 Å². The molecule has 5 rings (SSSR count). The first-order valence-electron chi connectivity index (χ1n) is 9.51. The number of fused-ring (bicyclic) bond motifs is 7. The summed E-state index contributed by atoms with van der Waals surface area (Å²) in [4.78, 5) is 2.46. The zero-order valence-electron chi connectivity index (χ0n) is 15.7. The van der Waals surface area contributed by atoms with E-state index in [1.54, 1.807) is 7.11 Å². The average molecular weight is 347 g/mol. The van der Waals surface area contributed by atoms with Gasteiger partial charge in [-0.05, 0) is 77.1 Å². The molecule has 2 atom stereocenters. The number of aliphatic hydroxyl groups excluding tert-OH is 1. The maximum Gasteiger partial charge on any atom is 0.122 e. The zero-order chi connectivity index (χ0) is 18.0. The molecule has 0 unspecified atom stereocenters. The first-order chi connectivity index (χ1) is 12.6. The van der Waals surface area contributed by atoms with Crippen molar-refractivity contribution in [1.82, 2.24) is 4.90 Å². The summed E-state index contributed by atoms with van der Waals surface area (Å²) in [6.45, 7) is 6.20. The lowest BCUT2D eigenvalue weighted by atomic mass is 9.84. The fourth-order valence-electron chi connectivity index (χ4n) is 5.04. The standard InChI is InChI=1S/C23H25NO2/c1-13-4-5-15-16(8-13)17-9-14(2)23(26-3)11-19(17)18-10-21-22(25)6-7-24(21)12-20(15)18/h4-5,8-9,11,21-22,25H,6-7,10,12H2,1-3H3/t21-,22-/m0/s1. The van der Waals surface area contributed by atoms with Crippen LogP contribution in [0.4, 0.5) is 0 Å². The molecule has 0 saturated carbocycles. The van der Waals surface area contributed by atoms with Crippen LogP contribution in [0.25, 0.3) is 21.5 Å². The predicted molar refractivity (Wildman–Crippen MR) is 106 cm³/mol. The van der Waals surface area contributed by atoms with E-state index in [1.165, 1.54) is 43.8 Å². The molecule has 3 aromatic carbocycles. The summed E-state index contributed by atoms with van der Waals surface area (Å²) >= 11 is 0. The Morgan fingerprint density at radius 2 is 1.81 bits per heavy atom. The van der Waals surface area contributed by atoms with Gasteiger partial charge in [-0.25, -0.2) is 0 Å². The summed E-state index contributed by atoms with van der Waals surface area (Å²) in [5.74, 6) is 0.945. The van der Waals surface area contributed by atoms with Crippen molar-refractivity contribution in [1.29, 1.82) is 0 Å². The molecule has 2 aliphatic heterocycles. The van der Waals surface area contributed by atoms with Crippen molar-refractivity contribution in [3.8, 4) is 5.75 Å². The lowest BCUT2D eigenvalue weighted by Crippen LogP contribution is -2.40. The number of ether oxygens (including phenoxy) is 1. The minimum atomic E-state index is -0.209. The fraction of sp³-hybridized carbons (Fsp3) is 0.391. The molecule has 0 radical (unpaired) electrons. The van der Waals surface area contributed by atoms with Crippen LogP contribution in [-0.4, -0.2) is 35.8 Å². The highest BCUT2D eigenvalue weighted by Gasteiger charge is 2.37. The van der Waals surface area contributed by atoms with Crippen molar-refractivity contribution in [2.24, 2.45) is 0 Å². The molecule has 1 N–H and O–H groups in total. The molecule has 134 valence electrons. The van der Waals surface area contributed by atoms with Gasteiger partial charge in [-0.3, -0.25) is 4.90 Å². The third-order valence-corrected chi connectivity index (χ3v) is 6.41. The van der Waals surface area contributed by atoms with Crippen LogP contribution in [0.15, 0.2) is 30.3 Å². The smallest absolute Gasteiger partial charge is 0.122 e. The number of aryl methyl sites for hydroxylation is 2. The van der Waals surface area contributed by atoms with Crippen LogP contribution < -0.4 is 4.74 Å². The van der Waals surface area contributed by atoms with E-state index < -0.39 is 0 Å². The van der Waals surface area contributed by atoms with E-state index in [0.29, 0.717) is 0 Å². The van der Waals surface area contributed by atoms with Crippen LogP contribution in [0.3, 0.4) is 0 Å². The van der Waals surface area contributed by atoms with Gasteiger partial charge in [0.15, 0.2) is 0 Å². The molecule has 1 saturated heterocycles. The van der Waals surface area contributed by atoms with Crippen molar-refractivity contribution in [2.75, 3.05) is 13.7 Å². The number of aliphatic hydroxyl groups is 1. The Morgan fingerprint density at radius 3 is 2.62 bits per heavy atom. The first kappa shape index (κ1) is 16.1. The number of benzene rings is 3. The van der Waals surface area contributed by atoms with Crippen LogP contribution in [0.1, 0.15) is 28.7 Å². The van der Waals surface area contributed by atoms with Crippen LogP contribution in [-0.2, 0) is 13.0 Å². The van der Waals surface area contributed by atoms with E-state index in [1.807, 2.05) is 0 Å². The highest BCUT2D eigenvalue weighted by atomic mass is 16.5. The van der Waals surface area contributed by atoms with Crippen LogP contribution in [0.2, 0.25) is 0 Å². The Hall–Kier alpha value is -2.10. The van der Waals surface area contributed by atoms with Gasteiger partial charge in [-0.1, -0.05) is 23.8 Å². The summed E-state index contributed by atoms with van der Waals surface area (Å²) in [5.41, 5.74) is 5.29. The molecule has 26 heavy (non-hydrogen) atoms. The number of rotatable bonds is 1. The topological polar surface area (TPSA) is 32.7 Å². The molecule has 3 aromatic rings. The molecule has 2 heterocycles. The second kappa shape index (κ2) is 5.70. The van der Waals surface area contributed by atoms with Crippen molar-refractivity contribution in [3.63, 3.8) is 0 Å². The number of nitrogens with zero attached hydrogens (tertiary/aromatic N) is 1. The number of hydrogen-bond acceptors (Lipinski definition) is 3. The molecular weight excluding hydrogens is 322 g/mol. The van der Waals surface area contributed by atoms with E-state index in [0.717, 1.165) is 31.7 Å². The Kier molecular flexibility index (Phi) is 3.53. The molecule has 3 nitrogen and oxygen atoms in total. The van der Waals surface area contributed by atoms with Gasteiger partial charge < -0.3 is 9.84 Å². The third-order valence-electron chi connectivity index (χ3n) is 6.41. The summed E-state index contributed by atoms with van der Waals surface area (Å²) in [6.07, 6.45) is 1.60. The molecule has 0 bridgehead atoms. The second-order valence-corrected chi connectivity index (χ2v) is 7.97. The molecule has 1 fully saturated rings. The van der Waals surface area contributed by atoms with Gasteiger partial charge in [0.05, 0.1) is 13.2 Å². The van der Waals surface area contributed by atoms with E-state index in [2.05, 4.69) is 49.1 Å².